The second-order valence-corrected chi connectivity index (χ2v) is 2.15. The molecular weight excluding hydrogens is 132 g/mol. The number of esters is 1. The fourth-order valence-electron chi connectivity index (χ4n) is 0.272. The molecule has 0 atom stereocenters. The lowest BCUT2D eigenvalue weighted by Crippen LogP contribution is -2.11. The number of hydrogen-bond donors (Lipinski definition) is 0. The maximum atomic E-state index is 10.7. The Balaban J connectivity index is 3.69. The van der Waals surface area contributed by atoms with E-state index in [4.69, 9.17) is 0 Å². The molecule has 0 aliphatic heterocycles. The molecule has 0 radical (unpaired) electrons. The molecule has 0 N–H and O–H groups in total. The number of carbonyl (C=O) groups excluding carboxylic acids is 1. The third-order valence-electron chi connectivity index (χ3n) is 0.914. The second-order valence-electron chi connectivity index (χ2n) is 2.15. The largest absolute Gasteiger partial charge is 0.469 e. The number of carbonyl (C=O) groups is 1. The van der Waals surface area contributed by atoms with Gasteiger partial charge in [0.1, 0.15) is 0 Å². The summed E-state index contributed by atoms with van der Waals surface area (Å²) in [6.07, 6.45) is 0. The van der Waals surface area contributed by atoms with Gasteiger partial charge < -0.3 is 9.47 Å². The first-order chi connectivity index (χ1) is 4.57. The lowest BCUT2D eigenvalue weighted by Gasteiger charge is -2.06. The molecule has 3 heteroatoms. The average molecular weight is 144 g/mol. The van der Waals surface area contributed by atoms with E-state index in [0.29, 0.717) is 0 Å². The van der Waals surface area contributed by atoms with E-state index in [2.05, 4.69) is 16.1 Å². The van der Waals surface area contributed by atoms with Crippen molar-refractivity contribution in [2.75, 3.05) is 7.11 Å². The van der Waals surface area contributed by atoms with Gasteiger partial charge in [-0.05, 0) is 6.58 Å². The van der Waals surface area contributed by atoms with Crippen LogP contribution < -0.4 is 0 Å². The molecule has 0 rings (SSSR count). The van der Waals surface area contributed by atoms with Crippen molar-refractivity contribution in [2.45, 2.75) is 13.8 Å². The fraction of sp³-hybridized carbons (Fsp3) is 0.571. The lowest BCUT2D eigenvalue weighted by molar-refractivity contribution is -0.147. The van der Waals surface area contributed by atoms with E-state index >= 15 is 0 Å². The zero-order chi connectivity index (χ0) is 8.15. The minimum absolute atomic E-state index is 0.0405. The minimum Gasteiger partial charge on any atom is -0.469 e. The molecule has 0 heterocycles. The number of methoxy groups -OCH3 is 1. The Labute approximate surface area is 60.6 Å². The van der Waals surface area contributed by atoms with Gasteiger partial charge in [0.25, 0.3) is 5.95 Å². The quantitative estimate of drug-likeness (QED) is 0.442. The number of hydrogen-bond acceptors (Lipinski definition) is 3. The van der Waals surface area contributed by atoms with Crippen LogP contribution >= 0.6 is 0 Å². The smallest absolute Gasteiger partial charge is 0.316 e. The van der Waals surface area contributed by atoms with Gasteiger partial charge in [0.2, 0.25) is 0 Å². The molecule has 3 nitrogen and oxygen atoms in total. The number of ether oxygens (including phenoxy) is 2. The van der Waals surface area contributed by atoms with Crippen molar-refractivity contribution < 1.29 is 14.3 Å². The Bertz CT molecular complexity index is 138. The Kier molecular flexibility index (Phi) is 3.54. The monoisotopic (exact) mass is 144 g/mol. The summed E-state index contributed by atoms with van der Waals surface area (Å²) in [6.45, 7) is 6.81. The maximum absolute atomic E-state index is 10.7. The maximum Gasteiger partial charge on any atom is 0.316 e. The van der Waals surface area contributed by atoms with Gasteiger partial charge in [-0.2, -0.15) is 0 Å². The van der Waals surface area contributed by atoms with Crippen molar-refractivity contribution in [1.82, 2.24) is 0 Å². The van der Waals surface area contributed by atoms with Gasteiger partial charge in [-0.1, -0.05) is 13.8 Å². The highest BCUT2D eigenvalue weighted by atomic mass is 16.7. The predicted molar refractivity (Wildman–Crippen MR) is 37.1 cm³/mol. The first-order valence-corrected chi connectivity index (χ1v) is 3.02. The molecule has 10 heavy (non-hydrogen) atoms. The van der Waals surface area contributed by atoms with Crippen molar-refractivity contribution in [1.29, 1.82) is 0 Å². The van der Waals surface area contributed by atoms with Crippen LogP contribution in [0.1, 0.15) is 13.8 Å². The summed E-state index contributed by atoms with van der Waals surface area (Å²) in [5.41, 5.74) is 0. The molecule has 58 valence electrons. The fourth-order valence-corrected chi connectivity index (χ4v) is 0.272. The van der Waals surface area contributed by atoms with Crippen LogP contribution in [0.2, 0.25) is 0 Å². The van der Waals surface area contributed by atoms with Gasteiger partial charge >= 0.3 is 5.97 Å². The summed E-state index contributed by atoms with van der Waals surface area (Å²) in [6, 6.07) is 0. The van der Waals surface area contributed by atoms with Crippen LogP contribution in [0, 0.1) is 5.92 Å². The van der Waals surface area contributed by atoms with Crippen molar-refractivity contribution in [2.24, 2.45) is 5.92 Å². The Morgan fingerprint density at radius 3 is 2.30 bits per heavy atom. The van der Waals surface area contributed by atoms with Gasteiger partial charge in [-0.3, -0.25) is 4.79 Å². The molecular formula is C7H12O3. The van der Waals surface area contributed by atoms with E-state index in [-0.39, 0.29) is 17.8 Å². The van der Waals surface area contributed by atoms with Crippen LogP contribution in [0.15, 0.2) is 12.5 Å². The molecule has 0 spiro atoms. The van der Waals surface area contributed by atoms with Crippen molar-refractivity contribution in [3.63, 3.8) is 0 Å². The summed E-state index contributed by atoms with van der Waals surface area (Å²) >= 11 is 0. The molecule has 0 saturated carbocycles. The van der Waals surface area contributed by atoms with Gasteiger partial charge in [-0.15, -0.1) is 0 Å². The highest BCUT2D eigenvalue weighted by Gasteiger charge is 2.09. The molecule has 0 aliphatic carbocycles. The van der Waals surface area contributed by atoms with Gasteiger partial charge in [0, 0.05) is 0 Å². The van der Waals surface area contributed by atoms with Gasteiger partial charge in [-0.25, -0.2) is 0 Å². The molecule has 0 aromatic rings. The first kappa shape index (κ1) is 9.01. The van der Waals surface area contributed by atoms with Gasteiger partial charge in [0.15, 0.2) is 0 Å². The zero-order valence-electron chi connectivity index (χ0n) is 6.51. The topological polar surface area (TPSA) is 35.5 Å². The van der Waals surface area contributed by atoms with Crippen molar-refractivity contribution in [3.8, 4) is 0 Å². The van der Waals surface area contributed by atoms with E-state index in [1.165, 1.54) is 7.11 Å². The minimum atomic E-state index is -0.327. The summed E-state index contributed by atoms with van der Waals surface area (Å²) in [5, 5.41) is 0. The summed E-state index contributed by atoms with van der Waals surface area (Å²) in [7, 11) is 1.40. The molecule has 0 unspecified atom stereocenters. The molecule has 0 aromatic carbocycles. The summed E-state index contributed by atoms with van der Waals surface area (Å²) < 4.78 is 9.14. The Morgan fingerprint density at radius 2 is 2.00 bits per heavy atom. The standard InChI is InChI=1S/C7H12O3/c1-5(2)7(8)10-6(3)9-4/h5H,3H2,1-2,4H3. The lowest BCUT2D eigenvalue weighted by atomic mass is 10.2. The third kappa shape index (κ3) is 3.12. The van der Waals surface area contributed by atoms with E-state index in [1.807, 2.05) is 0 Å². The van der Waals surface area contributed by atoms with E-state index in [9.17, 15) is 4.79 Å². The van der Waals surface area contributed by atoms with Crippen LogP contribution in [-0.4, -0.2) is 13.1 Å². The third-order valence-corrected chi connectivity index (χ3v) is 0.914. The average Bonchev–Trinajstić information content (AvgIpc) is 1.87. The van der Waals surface area contributed by atoms with E-state index < -0.39 is 0 Å². The predicted octanol–water partition coefficient (Wildman–Crippen LogP) is 1.30. The summed E-state index contributed by atoms with van der Waals surface area (Å²) in [4.78, 5) is 10.7. The number of rotatable bonds is 3. The van der Waals surface area contributed by atoms with Crippen LogP contribution in [-0.2, 0) is 14.3 Å². The molecule has 0 saturated heterocycles. The van der Waals surface area contributed by atoms with E-state index in [1.54, 1.807) is 13.8 Å². The second kappa shape index (κ2) is 3.93. The van der Waals surface area contributed by atoms with Crippen LogP contribution in [0.4, 0.5) is 0 Å². The molecule has 0 aliphatic rings. The van der Waals surface area contributed by atoms with Crippen molar-refractivity contribution in [3.05, 3.63) is 12.5 Å². The highest BCUT2D eigenvalue weighted by molar-refractivity contribution is 5.72. The zero-order valence-corrected chi connectivity index (χ0v) is 6.51. The highest BCUT2D eigenvalue weighted by Crippen LogP contribution is 2.01. The van der Waals surface area contributed by atoms with E-state index in [0.717, 1.165) is 0 Å². The van der Waals surface area contributed by atoms with Crippen molar-refractivity contribution >= 4 is 5.97 Å². The molecule has 0 amide bonds. The Morgan fingerprint density at radius 1 is 1.50 bits per heavy atom. The van der Waals surface area contributed by atoms with Crippen LogP contribution in [0.25, 0.3) is 0 Å². The van der Waals surface area contributed by atoms with Crippen LogP contribution in [0.3, 0.4) is 0 Å². The van der Waals surface area contributed by atoms with Crippen LogP contribution in [0.5, 0.6) is 0 Å². The molecule has 0 bridgehead atoms. The summed E-state index contributed by atoms with van der Waals surface area (Å²) in [5.74, 6) is -0.433. The first-order valence-electron chi connectivity index (χ1n) is 3.02. The SMILES string of the molecule is C=C(OC)OC(=O)C(C)C. The van der Waals surface area contributed by atoms with Gasteiger partial charge in [0.05, 0.1) is 13.0 Å². The normalized spacial score (nSPS) is 9.20. The molecule has 0 fully saturated rings. The molecule has 0 aromatic heterocycles. The Hall–Kier alpha value is -0.990.